The standard InChI is InChI=1S/C63H119NO5/c1-3-5-7-9-11-13-15-17-19-21-22-23-24-25-26-27-28-29-30-32-35-39-43-47-51-55-61(66)60(59-65)64-62(67)56-52-48-44-40-36-34-38-42-46-50-54-58-69-63(68)57-53-49-45-41-37-33-31-20-18-16-14-12-10-8-6-4-2/h14,16,20,31,51,55,60-61,65-66H,3-13,15,17-19,21-30,32-50,52-54,56-59H2,1-2H3,(H,64,67)/b16-14-,31-20-,55-51+. The van der Waals surface area contributed by atoms with E-state index in [2.05, 4.69) is 43.5 Å². The number of aliphatic hydroxyl groups excluding tert-OH is 2. The molecule has 2 atom stereocenters. The van der Waals surface area contributed by atoms with Crippen LogP contribution in [0.4, 0.5) is 0 Å². The van der Waals surface area contributed by atoms with Gasteiger partial charge in [-0.3, -0.25) is 9.59 Å². The number of amides is 1. The molecular formula is C63H119NO5. The predicted octanol–water partition coefficient (Wildman–Crippen LogP) is 19.2. The number of unbranched alkanes of at least 4 members (excludes halogenated alkanes) is 42. The number of aliphatic hydroxyl groups is 2. The lowest BCUT2D eigenvalue weighted by Gasteiger charge is -2.20. The van der Waals surface area contributed by atoms with Crippen molar-refractivity contribution in [3.05, 3.63) is 36.5 Å². The lowest BCUT2D eigenvalue weighted by molar-refractivity contribution is -0.143. The Bertz CT molecular complexity index is 1120. The van der Waals surface area contributed by atoms with Gasteiger partial charge in [0.25, 0.3) is 0 Å². The highest BCUT2D eigenvalue weighted by Gasteiger charge is 2.18. The molecule has 0 saturated heterocycles. The number of rotatable bonds is 57. The minimum Gasteiger partial charge on any atom is -0.466 e. The second-order valence-electron chi connectivity index (χ2n) is 21.0. The number of carbonyl (C=O) groups is 2. The van der Waals surface area contributed by atoms with E-state index in [0.717, 1.165) is 70.6 Å². The Balaban J connectivity index is 3.50. The van der Waals surface area contributed by atoms with Gasteiger partial charge in [-0.05, 0) is 64.2 Å². The maximum atomic E-state index is 12.5. The van der Waals surface area contributed by atoms with Crippen LogP contribution in [0, 0.1) is 0 Å². The van der Waals surface area contributed by atoms with E-state index < -0.39 is 12.1 Å². The summed E-state index contributed by atoms with van der Waals surface area (Å²) in [6.07, 6.45) is 73.2. The van der Waals surface area contributed by atoms with E-state index >= 15 is 0 Å². The number of esters is 1. The molecule has 0 bridgehead atoms. The summed E-state index contributed by atoms with van der Waals surface area (Å²) in [5, 5.41) is 23.2. The van der Waals surface area contributed by atoms with Crippen LogP contribution in [0.25, 0.3) is 0 Å². The number of ether oxygens (including phenoxy) is 1. The van der Waals surface area contributed by atoms with Gasteiger partial charge in [-0.15, -0.1) is 0 Å². The van der Waals surface area contributed by atoms with E-state index in [-0.39, 0.29) is 18.5 Å². The molecule has 69 heavy (non-hydrogen) atoms. The van der Waals surface area contributed by atoms with E-state index in [1.54, 1.807) is 6.08 Å². The monoisotopic (exact) mass is 970 g/mol. The van der Waals surface area contributed by atoms with Crippen molar-refractivity contribution in [2.75, 3.05) is 13.2 Å². The summed E-state index contributed by atoms with van der Waals surface area (Å²) in [5.41, 5.74) is 0. The predicted molar refractivity (Wildman–Crippen MR) is 301 cm³/mol. The van der Waals surface area contributed by atoms with Gasteiger partial charge in [0.05, 0.1) is 25.4 Å². The molecule has 0 radical (unpaired) electrons. The molecule has 0 aliphatic heterocycles. The molecule has 0 spiro atoms. The van der Waals surface area contributed by atoms with E-state index in [4.69, 9.17) is 4.74 Å². The normalized spacial score (nSPS) is 12.8. The summed E-state index contributed by atoms with van der Waals surface area (Å²) in [4.78, 5) is 24.6. The molecule has 6 nitrogen and oxygen atoms in total. The van der Waals surface area contributed by atoms with E-state index in [0.29, 0.717) is 19.4 Å². The summed E-state index contributed by atoms with van der Waals surface area (Å²) in [7, 11) is 0. The van der Waals surface area contributed by atoms with Gasteiger partial charge in [-0.1, -0.05) is 288 Å². The average Bonchev–Trinajstić information content (AvgIpc) is 3.35. The highest BCUT2D eigenvalue weighted by atomic mass is 16.5. The van der Waals surface area contributed by atoms with Crippen molar-refractivity contribution in [3.63, 3.8) is 0 Å². The largest absolute Gasteiger partial charge is 0.466 e. The van der Waals surface area contributed by atoms with Crippen molar-refractivity contribution < 1.29 is 24.5 Å². The Morgan fingerprint density at radius 1 is 0.406 bits per heavy atom. The van der Waals surface area contributed by atoms with Gasteiger partial charge in [-0.25, -0.2) is 0 Å². The molecule has 0 aromatic heterocycles. The summed E-state index contributed by atoms with van der Waals surface area (Å²) in [6, 6.07) is -0.645. The zero-order valence-corrected chi connectivity index (χ0v) is 46.3. The van der Waals surface area contributed by atoms with Crippen LogP contribution in [0.2, 0.25) is 0 Å². The Hall–Kier alpha value is -1.92. The molecule has 0 heterocycles. The van der Waals surface area contributed by atoms with Crippen LogP contribution in [-0.4, -0.2) is 47.4 Å². The van der Waals surface area contributed by atoms with Crippen molar-refractivity contribution >= 4 is 11.9 Å². The smallest absolute Gasteiger partial charge is 0.305 e. The molecule has 1 amide bonds. The summed E-state index contributed by atoms with van der Waals surface area (Å²) in [6.45, 7) is 4.86. The first kappa shape index (κ1) is 67.1. The van der Waals surface area contributed by atoms with Gasteiger partial charge < -0.3 is 20.3 Å². The van der Waals surface area contributed by atoms with Gasteiger partial charge in [-0.2, -0.15) is 0 Å². The average molecular weight is 971 g/mol. The summed E-state index contributed by atoms with van der Waals surface area (Å²) in [5.74, 6) is -0.113. The van der Waals surface area contributed by atoms with Gasteiger partial charge in [0.1, 0.15) is 0 Å². The maximum absolute atomic E-state index is 12.5. The van der Waals surface area contributed by atoms with E-state index in [1.807, 2.05) is 6.08 Å². The van der Waals surface area contributed by atoms with Gasteiger partial charge in [0.2, 0.25) is 5.91 Å². The maximum Gasteiger partial charge on any atom is 0.305 e. The SMILES string of the molecule is CCCCCC/C=C\C/C=C\CCCCCCCC(=O)OCCCCCCCCCCCCCC(=O)NC(CO)C(O)/C=C/CCCCCCCCCCCCCCCCCCCCCCCCC. The fourth-order valence-corrected chi connectivity index (χ4v) is 9.43. The summed E-state index contributed by atoms with van der Waals surface area (Å²) < 4.78 is 5.46. The van der Waals surface area contributed by atoms with Crippen LogP contribution >= 0.6 is 0 Å². The fourth-order valence-electron chi connectivity index (χ4n) is 9.43. The second kappa shape index (κ2) is 58.6. The molecule has 0 aromatic carbocycles. The van der Waals surface area contributed by atoms with Gasteiger partial charge in [0.15, 0.2) is 0 Å². The third kappa shape index (κ3) is 55.2. The fraction of sp³-hybridized carbons (Fsp3) is 0.873. The van der Waals surface area contributed by atoms with Gasteiger partial charge in [0, 0.05) is 12.8 Å². The van der Waals surface area contributed by atoms with Crippen LogP contribution in [0.1, 0.15) is 328 Å². The molecule has 2 unspecified atom stereocenters. The number of allylic oxidation sites excluding steroid dienone is 5. The molecule has 6 heteroatoms. The zero-order chi connectivity index (χ0) is 50.0. The third-order valence-electron chi connectivity index (χ3n) is 14.2. The lowest BCUT2D eigenvalue weighted by Crippen LogP contribution is -2.45. The molecule has 0 fully saturated rings. The highest BCUT2D eigenvalue weighted by Crippen LogP contribution is 2.17. The van der Waals surface area contributed by atoms with Gasteiger partial charge >= 0.3 is 5.97 Å². The highest BCUT2D eigenvalue weighted by molar-refractivity contribution is 5.76. The van der Waals surface area contributed by atoms with E-state index in [1.165, 1.54) is 231 Å². The van der Waals surface area contributed by atoms with Crippen molar-refractivity contribution in [1.82, 2.24) is 5.32 Å². The topological polar surface area (TPSA) is 95.9 Å². The first-order valence-electron chi connectivity index (χ1n) is 30.8. The molecule has 0 aliphatic carbocycles. The molecule has 406 valence electrons. The zero-order valence-electron chi connectivity index (χ0n) is 46.3. The lowest BCUT2D eigenvalue weighted by atomic mass is 10.0. The van der Waals surface area contributed by atoms with Crippen molar-refractivity contribution in [3.8, 4) is 0 Å². The van der Waals surface area contributed by atoms with Crippen LogP contribution < -0.4 is 5.32 Å². The number of hydrogen-bond donors (Lipinski definition) is 3. The minimum atomic E-state index is -0.859. The van der Waals surface area contributed by atoms with Crippen LogP contribution in [0.15, 0.2) is 36.5 Å². The van der Waals surface area contributed by atoms with Crippen LogP contribution in [-0.2, 0) is 14.3 Å². The number of hydrogen-bond acceptors (Lipinski definition) is 5. The van der Waals surface area contributed by atoms with Crippen LogP contribution in [0.5, 0.6) is 0 Å². The van der Waals surface area contributed by atoms with Crippen molar-refractivity contribution in [1.29, 1.82) is 0 Å². The quantitative estimate of drug-likeness (QED) is 0.0321. The first-order valence-corrected chi connectivity index (χ1v) is 30.8. The Morgan fingerprint density at radius 2 is 0.725 bits per heavy atom. The van der Waals surface area contributed by atoms with Crippen LogP contribution in [0.3, 0.4) is 0 Å². The Morgan fingerprint density at radius 3 is 1.12 bits per heavy atom. The third-order valence-corrected chi connectivity index (χ3v) is 14.2. The molecule has 0 aromatic rings. The number of carbonyl (C=O) groups excluding carboxylic acids is 2. The first-order chi connectivity index (χ1) is 34.0. The second-order valence-corrected chi connectivity index (χ2v) is 21.0. The molecular weight excluding hydrogens is 851 g/mol. The van der Waals surface area contributed by atoms with Crippen molar-refractivity contribution in [2.24, 2.45) is 0 Å². The number of nitrogens with one attached hydrogen (secondary N) is 1. The molecule has 0 rings (SSSR count). The Kier molecular flexibility index (Phi) is 57.0. The minimum absolute atomic E-state index is 0.0282. The Labute approximate surface area is 430 Å². The van der Waals surface area contributed by atoms with E-state index in [9.17, 15) is 19.8 Å². The molecule has 0 saturated carbocycles. The summed E-state index contributed by atoms with van der Waals surface area (Å²) >= 11 is 0. The van der Waals surface area contributed by atoms with Crippen molar-refractivity contribution in [2.45, 2.75) is 341 Å². The molecule has 0 aliphatic rings. The molecule has 3 N–H and O–H groups in total.